The number of nitrogens with two attached hydrogens (primary N) is 1. The zero-order chi connectivity index (χ0) is 14.4. The van der Waals surface area contributed by atoms with Crippen molar-refractivity contribution in [2.45, 2.75) is 20.3 Å². The first-order valence-corrected chi connectivity index (χ1v) is 6.01. The van der Waals surface area contributed by atoms with Crippen LogP contribution in [-0.4, -0.2) is 24.3 Å². The number of amides is 1. The van der Waals surface area contributed by atoms with Gasteiger partial charge < -0.3 is 10.5 Å². The first kappa shape index (κ1) is 14.9. The van der Waals surface area contributed by atoms with E-state index < -0.39 is 17.8 Å². The molecule has 1 aromatic carbocycles. The van der Waals surface area contributed by atoms with Crippen molar-refractivity contribution in [1.82, 2.24) is 0 Å². The van der Waals surface area contributed by atoms with Crippen molar-refractivity contribution in [3.63, 3.8) is 0 Å². The minimum Gasteiger partial charge on any atom is -0.465 e. The van der Waals surface area contributed by atoms with Crippen LogP contribution in [0.15, 0.2) is 24.3 Å². The Bertz CT molecular complexity index is 479. The predicted octanol–water partition coefficient (Wildman–Crippen LogP) is 1.10. The monoisotopic (exact) mass is 263 g/mol. The summed E-state index contributed by atoms with van der Waals surface area (Å²) in [4.78, 5) is 34.0. The van der Waals surface area contributed by atoms with Gasteiger partial charge in [-0.1, -0.05) is 12.1 Å². The van der Waals surface area contributed by atoms with Gasteiger partial charge in [0.15, 0.2) is 0 Å². The van der Waals surface area contributed by atoms with Crippen molar-refractivity contribution < 1.29 is 19.1 Å². The van der Waals surface area contributed by atoms with Gasteiger partial charge in [-0.2, -0.15) is 0 Å². The molecule has 0 aliphatic carbocycles. The number of primary amides is 1. The molecule has 0 fully saturated rings. The van der Waals surface area contributed by atoms with Gasteiger partial charge in [-0.25, -0.2) is 0 Å². The van der Waals surface area contributed by atoms with E-state index in [1.165, 1.54) is 6.92 Å². The Morgan fingerprint density at radius 1 is 1.21 bits per heavy atom. The quantitative estimate of drug-likeness (QED) is 0.615. The van der Waals surface area contributed by atoms with Crippen LogP contribution in [-0.2, 0) is 20.7 Å². The average Bonchev–Trinajstić information content (AvgIpc) is 2.36. The highest BCUT2D eigenvalue weighted by Gasteiger charge is 2.24. The lowest BCUT2D eigenvalue weighted by Crippen LogP contribution is -2.26. The number of carbonyl (C=O) groups is 3. The molecule has 0 bridgehead atoms. The number of ketones is 1. The predicted molar refractivity (Wildman–Crippen MR) is 69.5 cm³/mol. The van der Waals surface area contributed by atoms with Crippen LogP contribution in [0.3, 0.4) is 0 Å². The number of carbonyl (C=O) groups excluding carboxylic acids is 3. The van der Waals surface area contributed by atoms with Crippen LogP contribution in [0.1, 0.15) is 29.8 Å². The molecule has 0 aliphatic rings. The first-order chi connectivity index (χ1) is 8.95. The van der Waals surface area contributed by atoms with Gasteiger partial charge in [0, 0.05) is 5.56 Å². The van der Waals surface area contributed by atoms with Crippen LogP contribution in [0, 0.1) is 5.92 Å². The van der Waals surface area contributed by atoms with Gasteiger partial charge in [-0.15, -0.1) is 0 Å². The largest absolute Gasteiger partial charge is 0.465 e. The van der Waals surface area contributed by atoms with Gasteiger partial charge in [0.2, 0.25) is 5.91 Å². The Hall–Kier alpha value is -2.17. The number of benzene rings is 1. The zero-order valence-electron chi connectivity index (χ0n) is 11.0. The summed E-state index contributed by atoms with van der Waals surface area (Å²) >= 11 is 0. The molecule has 0 saturated heterocycles. The molecule has 2 N–H and O–H groups in total. The van der Waals surface area contributed by atoms with Gasteiger partial charge in [-0.05, 0) is 38.0 Å². The molecule has 1 atom stereocenters. The minimum atomic E-state index is -0.806. The molecule has 0 spiro atoms. The number of ether oxygens (including phenoxy) is 1. The van der Waals surface area contributed by atoms with Crippen molar-refractivity contribution in [3.05, 3.63) is 35.4 Å². The molecule has 1 aromatic rings. The maximum absolute atomic E-state index is 11.6. The molecular formula is C14H17NO4. The topological polar surface area (TPSA) is 86.5 Å². The molecule has 1 unspecified atom stereocenters. The van der Waals surface area contributed by atoms with Crippen LogP contribution in [0.25, 0.3) is 0 Å². The van der Waals surface area contributed by atoms with Crippen molar-refractivity contribution in [1.29, 1.82) is 0 Å². The van der Waals surface area contributed by atoms with E-state index in [9.17, 15) is 14.4 Å². The Morgan fingerprint density at radius 3 is 2.21 bits per heavy atom. The van der Waals surface area contributed by atoms with E-state index in [4.69, 9.17) is 10.5 Å². The Balaban J connectivity index is 2.82. The van der Waals surface area contributed by atoms with E-state index in [0.29, 0.717) is 5.56 Å². The second kappa shape index (κ2) is 6.68. The van der Waals surface area contributed by atoms with E-state index in [1.54, 1.807) is 31.2 Å². The molecule has 0 saturated carbocycles. The van der Waals surface area contributed by atoms with Crippen molar-refractivity contribution in [2.75, 3.05) is 6.61 Å². The van der Waals surface area contributed by atoms with Gasteiger partial charge in [0.1, 0.15) is 11.7 Å². The van der Waals surface area contributed by atoms with Crippen LogP contribution in [0.2, 0.25) is 0 Å². The van der Waals surface area contributed by atoms with Crippen LogP contribution >= 0.6 is 0 Å². The van der Waals surface area contributed by atoms with E-state index in [2.05, 4.69) is 0 Å². The third-order valence-corrected chi connectivity index (χ3v) is 2.74. The molecular weight excluding hydrogens is 246 g/mol. The third kappa shape index (κ3) is 4.21. The fraction of sp³-hybridized carbons (Fsp3) is 0.357. The summed E-state index contributed by atoms with van der Waals surface area (Å²) in [7, 11) is 0. The number of esters is 1. The van der Waals surface area contributed by atoms with E-state index in [0.717, 1.165) is 5.56 Å². The minimum absolute atomic E-state index is 0.238. The summed E-state index contributed by atoms with van der Waals surface area (Å²) in [5.41, 5.74) is 6.30. The summed E-state index contributed by atoms with van der Waals surface area (Å²) in [6, 6.07) is 6.49. The highest BCUT2D eigenvalue weighted by molar-refractivity contribution is 5.98. The summed E-state index contributed by atoms with van der Waals surface area (Å²) in [5, 5.41) is 0. The molecule has 5 heteroatoms. The van der Waals surface area contributed by atoms with E-state index in [1.807, 2.05) is 0 Å². The Kier molecular flexibility index (Phi) is 5.23. The van der Waals surface area contributed by atoms with Gasteiger partial charge in [0.25, 0.3) is 0 Å². The second-order valence-corrected chi connectivity index (χ2v) is 4.18. The highest BCUT2D eigenvalue weighted by atomic mass is 16.5. The van der Waals surface area contributed by atoms with Gasteiger partial charge >= 0.3 is 5.97 Å². The van der Waals surface area contributed by atoms with E-state index >= 15 is 0 Å². The van der Waals surface area contributed by atoms with Gasteiger partial charge in [0.05, 0.1) is 6.61 Å². The number of rotatable bonds is 6. The summed E-state index contributed by atoms with van der Waals surface area (Å²) in [6.07, 6.45) is 0.257. The Labute approximate surface area is 111 Å². The van der Waals surface area contributed by atoms with Crippen LogP contribution in [0.5, 0.6) is 0 Å². The lowest BCUT2D eigenvalue weighted by Gasteiger charge is -2.12. The molecule has 19 heavy (non-hydrogen) atoms. The lowest BCUT2D eigenvalue weighted by atomic mass is 9.95. The molecule has 1 amide bonds. The third-order valence-electron chi connectivity index (χ3n) is 2.74. The maximum Gasteiger partial charge on any atom is 0.316 e. The molecule has 0 aliphatic heterocycles. The molecule has 0 heterocycles. The number of Topliss-reactive ketones (excluding diaryl/α,β-unsaturated/α-hetero) is 1. The normalized spacial score (nSPS) is 11.7. The molecule has 5 nitrogen and oxygen atoms in total. The Morgan fingerprint density at radius 2 is 1.79 bits per heavy atom. The van der Waals surface area contributed by atoms with Crippen LogP contribution in [0.4, 0.5) is 0 Å². The average molecular weight is 263 g/mol. The summed E-state index contributed by atoms with van der Waals surface area (Å²) in [5.74, 6) is -2.08. The lowest BCUT2D eigenvalue weighted by molar-refractivity contribution is -0.151. The fourth-order valence-corrected chi connectivity index (χ4v) is 1.68. The van der Waals surface area contributed by atoms with Crippen molar-refractivity contribution in [3.8, 4) is 0 Å². The van der Waals surface area contributed by atoms with Gasteiger partial charge in [-0.3, -0.25) is 14.4 Å². The zero-order valence-corrected chi connectivity index (χ0v) is 11.0. The standard InChI is InChI=1S/C14H17NO4/c1-3-19-14(18)12(9(2)16)8-10-4-6-11(7-5-10)13(15)17/h4-7,12H,3,8H2,1-2H3,(H2,15,17). The maximum atomic E-state index is 11.6. The molecule has 0 aromatic heterocycles. The summed E-state index contributed by atoms with van der Waals surface area (Å²) < 4.78 is 4.87. The SMILES string of the molecule is CCOC(=O)C(Cc1ccc(C(N)=O)cc1)C(C)=O. The second-order valence-electron chi connectivity index (χ2n) is 4.18. The molecule has 102 valence electrons. The molecule has 0 radical (unpaired) electrons. The first-order valence-electron chi connectivity index (χ1n) is 6.01. The fourth-order valence-electron chi connectivity index (χ4n) is 1.68. The number of hydrogen-bond donors (Lipinski definition) is 1. The smallest absolute Gasteiger partial charge is 0.316 e. The summed E-state index contributed by atoms with van der Waals surface area (Å²) in [6.45, 7) is 3.29. The van der Waals surface area contributed by atoms with E-state index in [-0.39, 0.29) is 18.8 Å². The van der Waals surface area contributed by atoms with Crippen LogP contribution < -0.4 is 5.73 Å². The van der Waals surface area contributed by atoms with Crippen molar-refractivity contribution in [2.24, 2.45) is 11.7 Å². The highest BCUT2D eigenvalue weighted by Crippen LogP contribution is 2.13. The number of hydrogen-bond acceptors (Lipinski definition) is 4. The van der Waals surface area contributed by atoms with Crippen molar-refractivity contribution >= 4 is 17.7 Å². The molecule has 1 rings (SSSR count).